The number of unbranched alkanes of at least 4 members (excludes halogenated alkanes) is 7. The summed E-state index contributed by atoms with van der Waals surface area (Å²) < 4.78 is 0. The monoisotopic (exact) mass is 258 g/mol. The quantitative estimate of drug-likeness (QED) is 0.543. The summed E-state index contributed by atoms with van der Waals surface area (Å²) in [6.07, 6.45) is 10.9. The van der Waals surface area contributed by atoms with Gasteiger partial charge in [-0.15, -0.1) is 0 Å². The van der Waals surface area contributed by atoms with Gasteiger partial charge in [-0.1, -0.05) is 58.8 Å². The van der Waals surface area contributed by atoms with Crippen LogP contribution in [0.1, 0.15) is 85.5 Å². The van der Waals surface area contributed by atoms with Gasteiger partial charge in [0.2, 0.25) is 0 Å². The summed E-state index contributed by atoms with van der Waals surface area (Å²) in [5.74, 6) is 0. The van der Waals surface area contributed by atoms with Gasteiger partial charge in [0.25, 0.3) is 0 Å². The Morgan fingerprint density at radius 1 is 0.667 bits per heavy atom. The standard InChI is InChI=1S/C16H34O2/c1-15(2,16(3,4)18)13-11-9-7-5-6-8-10-12-14-17/h17-18H,5-14H2,1-4H3. The van der Waals surface area contributed by atoms with Crippen LogP contribution in [0.15, 0.2) is 0 Å². The molecular weight excluding hydrogens is 224 g/mol. The van der Waals surface area contributed by atoms with Crippen molar-refractivity contribution in [1.82, 2.24) is 0 Å². The zero-order valence-corrected chi connectivity index (χ0v) is 13.0. The summed E-state index contributed by atoms with van der Waals surface area (Å²) in [4.78, 5) is 0. The van der Waals surface area contributed by atoms with Gasteiger partial charge in [0.15, 0.2) is 0 Å². The minimum absolute atomic E-state index is 0.00806. The highest BCUT2D eigenvalue weighted by molar-refractivity contribution is 4.85. The van der Waals surface area contributed by atoms with Crippen molar-refractivity contribution >= 4 is 0 Å². The van der Waals surface area contributed by atoms with E-state index in [9.17, 15) is 5.11 Å². The van der Waals surface area contributed by atoms with Gasteiger partial charge in [-0.2, -0.15) is 0 Å². The Morgan fingerprint density at radius 3 is 1.44 bits per heavy atom. The molecule has 0 unspecified atom stereocenters. The summed E-state index contributed by atoms with van der Waals surface area (Å²) in [6, 6.07) is 0. The van der Waals surface area contributed by atoms with E-state index in [4.69, 9.17) is 5.11 Å². The number of hydrogen-bond donors (Lipinski definition) is 2. The SMILES string of the molecule is CC(C)(O)C(C)(C)CCCCCCCCCCO. The van der Waals surface area contributed by atoms with Crippen LogP contribution in [0.25, 0.3) is 0 Å². The van der Waals surface area contributed by atoms with E-state index in [1.807, 2.05) is 13.8 Å². The fourth-order valence-electron chi connectivity index (χ4n) is 2.05. The maximum atomic E-state index is 10.0. The van der Waals surface area contributed by atoms with E-state index < -0.39 is 5.60 Å². The fraction of sp³-hybridized carbons (Fsp3) is 1.00. The first-order chi connectivity index (χ1) is 8.31. The summed E-state index contributed by atoms with van der Waals surface area (Å²) in [6.45, 7) is 8.47. The second-order valence-corrected chi connectivity index (χ2v) is 6.74. The average Bonchev–Trinajstić information content (AvgIpc) is 2.25. The lowest BCUT2D eigenvalue weighted by Crippen LogP contribution is -2.38. The third-order valence-electron chi connectivity index (χ3n) is 4.37. The number of aliphatic hydroxyl groups excluding tert-OH is 1. The lowest BCUT2D eigenvalue weighted by Gasteiger charge is -2.37. The molecule has 0 fully saturated rings. The van der Waals surface area contributed by atoms with Crippen LogP contribution < -0.4 is 0 Å². The molecule has 2 heteroatoms. The van der Waals surface area contributed by atoms with Gasteiger partial charge in [-0.05, 0) is 32.1 Å². The highest BCUT2D eigenvalue weighted by atomic mass is 16.3. The molecule has 2 nitrogen and oxygen atoms in total. The van der Waals surface area contributed by atoms with Crippen molar-refractivity contribution in [2.45, 2.75) is 91.1 Å². The van der Waals surface area contributed by atoms with Gasteiger partial charge in [-0.25, -0.2) is 0 Å². The van der Waals surface area contributed by atoms with Crippen molar-refractivity contribution in [3.63, 3.8) is 0 Å². The highest BCUT2D eigenvalue weighted by Crippen LogP contribution is 2.35. The molecule has 0 aromatic heterocycles. The molecular formula is C16H34O2. The topological polar surface area (TPSA) is 40.5 Å². The van der Waals surface area contributed by atoms with Crippen molar-refractivity contribution in [3.05, 3.63) is 0 Å². The summed E-state index contributed by atoms with van der Waals surface area (Å²) in [5, 5.41) is 18.7. The zero-order valence-electron chi connectivity index (χ0n) is 13.0. The molecule has 110 valence electrons. The molecule has 0 spiro atoms. The maximum Gasteiger partial charge on any atom is 0.0642 e. The minimum Gasteiger partial charge on any atom is -0.396 e. The van der Waals surface area contributed by atoms with E-state index in [-0.39, 0.29) is 5.41 Å². The average molecular weight is 258 g/mol. The Kier molecular flexibility index (Phi) is 8.89. The van der Waals surface area contributed by atoms with Gasteiger partial charge in [0, 0.05) is 6.61 Å². The molecule has 0 aromatic carbocycles. The molecule has 0 amide bonds. The first kappa shape index (κ1) is 17.9. The molecule has 0 saturated carbocycles. The van der Waals surface area contributed by atoms with Crippen LogP contribution in [-0.2, 0) is 0 Å². The molecule has 0 heterocycles. The van der Waals surface area contributed by atoms with Gasteiger partial charge in [0.1, 0.15) is 0 Å². The van der Waals surface area contributed by atoms with E-state index in [2.05, 4.69) is 13.8 Å². The Labute approximate surface area is 114 Å². The van der Waals surface area contributed by atoms with E-state index in [1.54, 1.807) is 0 Å². The smallest absolute Gasteiger partial charge is 0.0642 e. The van der Waals surface area contributed by atoms with Crippen LogP contribution in [0, 0.1) is 5.41 Å². The van der Waals surface area contributed by atoms with E-state index in [1.165, 1.54) is 44.9 Å². The Hall–Kier alpha value is -0.0800. The molecule has 0 rings (SSSR count). The van der Waals surface area contributed by atoms with E-state index in [0.29, 0.717) is 6.61 Å². The molecule has 0 aliphatic heterocycles. The summed E-state index contributed by atoms with van der Waals surface area (Å²) in [5.41, 5.74) is -0.578. The summed E-state index contributed by atoms with van der Waals surface area (Å²) >= 11 is 0. The minimum atomic E-state index is -0.586. The molecule has 18 heavy (non-hydrogen) atoms. The molecule has 2 N–H and O–H groups in total. The van der Waals surface area contributed by atoms with Crippen LogP contribution in [0.4, 0.5) is 0 Å². The van der Waals surface area contributed by atoms with Crippen molar-refractivity contribution < 1.29 is 10.2 Å². The summed E-state index contributed by atoms with van der Waals surface area (Å²) in [7, 11) is 0. The lowest BCUT2D eigenvalue weighted by atomic mass is 9.73. The van der Waals surface area contributed by atoms with Crippen LogP contribution in [0.3, 0.4) is 0 Å². The molecule has 0 saturated heterocycles. The Morgan fingerprint density at radius 2 is 1.06 bits per heavy atom. The molecule has 0 radical (unpaired) electrons. The largest absolute Gasteiger partial charge is 0.396 e. The van der Waals surface area contributed by atoms with Gasteiger partial charge in [-0.3, -0.25) is 0 Å². The van der Waals surface area contributed by atoms with Crippen LogP contribution >= 0.6 is 0 Å². The predicted octanol–water partition coefficient (Wildman–Crippen LogP) is 4.29. The number of rotatable bonds is 11. The van der Waals surface area contributed by atoms with Crippen molar-refractivity contribution in [2.75, 3.05) is 6.61 Å². The van der Waals surface area contributed by atoms with Gasteiger partial charge < -0.3 is 10.2 Å². The number of hydrogen-bond acceptors (Lipinski definition) is 2. The normalized spacial score (nSPS) is 13.0. The fourth-order valence-corrected chi connectivity index (χ4v) is 2.05. The molecule has 0 aromatic rings. The zero-order chi connectivity index (χ0) is 14.1. The third kappa shape index (κ3) is 8.10. The molecule has 0 aliphatic carbocycles. The molecule has 0 bridgehead atoms. The van der Waals surface area contributed by atoms with Crippen LogP contribution in [0.2, 0.25) is 0 Å². The van der Waals surface area contributed by atoms with Crippen molar-refractivity contribution in [2.24, 2.45) is 5.41 Å². The second-order valence-electron chi connectivity index (χ2n) is 6.74. The van der Waals surface area contributed by atoms with Crippen molar-refractivity contribution in [3.8, 4) is 0 Å². The molecule has 0 aliphatic rings. The first-order valence-corrected chi connectivity index (χ1v) is 7.64. The van der Waals surface area contributed by atoms with E-state index >= 15 is 0 Å². The van der Waals surface area contributed by atoms with Gasteiger partial charge >= 0.3 is 0 Å². The van der Waals surface area contributed by atoms with Crippen LogP contribution in [0.5, 0.6) is 0 Å². The highest BCUT2D eigenvalue weighted by Gasteiger charge is 2.33. The van der Waals surface area contributed by atoms with Crippen molar-refractivity contribution in [1.29, 1.82) is 0 Å². The Balaban J connectivity index is 3.41. The predicted molar refractivity (Wildman–Crippen MR) is 78.7 cm³/mol. The van der Waals surface area contributed by atoms with Crippen LogP contribution in [-0.4, -0.2) is 22.4 Å². The van der Waals surface area contributed by atoms with E-state index in [0.717, 1.165) is 12.8 Å². The third-order valence-corrected chi connectivity index (χ3v) is 4.37. The maximum absolute atomic E-state index is 10.0. The molecule has 0 atom stereocenters. The number of aliphatic hydroxyl groups is 2. The second kappa shape index (κ2) is 8.92. The Bertz CT molecular complexity index is 192. The first-order valence-electron chi connectivity index (χ1n) is 7.64. The van der Waals surface area contributed by atoms with Gasteiger partial charge in [0.05, 0.1) is 5.60 Å². The lowest BCUT2D eigenvalue weighted by molar-refractivity contribution is -0.0405.